The number of rotatable bonds is 5. The van der Waals surface area contributed by atoms with Crippen LogP contribution in [-0.2, 0) is 9.59 Å². The maximum absolute atomic E-state index is 12.1. The molecule has 0 spiro atoms. The van der Waals surface area contributed by atoms with Gasteiger partial charge >= 0.3 is 12.0 Å². The molecule has 7 nitrogen and oxygen atoms in total. The Labute approximate surface area is 117 Å². The van der Waals surface area contributed by atoms with Crippen molar-refractivity contribution >= 4 is 17.9 Å². The number of carboxylic acids is 1. The van der Waals surface area contributed by atoms with Crippen molar-refractivity contribution in [2.45, 2.75) is 38.1 Å². The fourth-order valence-electron chi connectivity index (χ4n) is 3.19. The molecule has 1 heterocycles. The summed E-state index contributed by atoms with van der Waals surface area (Å²) in [5, 5.41) is 11.5. The predicted molar refractivity (Wildman–Crippen MR) is 70.8 cm³/mol. The Morgan fingerprint density at radius 1 is 1.25 bits per heavy atom. The smallest absolute Gasteiger partial charge is 0.326 e. The number of nitrogens with one attached hydrogen (secondary N) is 1. The number of carboxylic acid groups (broad SMARTS) is 1. The molecule has 2 rings (SSSR count). The zero-order chi connectivity index (χ0) is 14.7. The molecule has 0 aromatic carbocycles. The zero-order valence-corrected chi connectivity index (χ0v) is 11.4. The molecule has 1 aliphatic heterocycles. The number of amides is 3. The lowest BCUT2D eigenvalue weighted by Crippen LogP contribution is -2.47. The van der Waals surface area contributed by atoms with Crippen molar-refractivity contribution < 1.29 is 19.5 Å². The van der Waals surface area contributed by atoms with Crippen LogP contribution in [0.15, 0.2) is 0 Å². The Balaban J connectivity index is 1.85. The Kier molecular flexibility index (Phi) is 4.46. The molecule has 20 heavy (non-hydrogen) atoms. The minimum atomic E-state index is -1.14. The first-order valence-electron chi connectivity index (χ1n) is 7.04. The number of primary amides is 1. The molecule has 1 saturated carbocycles. The number of aliphatic carboxylic acids is 1. The van der Waals surface area contributed by atoms with E-state index in [9.17, 15) is 14.4 Å². The van der Waals surface area contributed by atoms with Gasteiger partial charge in [0.2, 0.25) is 5.91 Å². The number of likely N-dealkylation sites (tertiary alicyclic amines) is 1. The molecule has 0 aromatic heterocycles. The number of fused-ring (bicyclic) bond motifs is 1. The quantitative estimate of drug-likeness (QED) is 0.666. The third-order valence-corrected chi connectivity index (χ3v) is 4.29. The van der Waals surface area contributed by atoms with Gasteiger partial charge in [-0.1, -0.05) is 6.42 Å². The van der Waals surface area contributed by atoms with E-state index in [1.165, 1.54) is 6.42 Å². The highest BCUT2D eigenvalue weighted by molar-refractivity contribution is 5.83. The molecule has 3 unspecified atom stereocenters. The van der Waals surface area contributed by atoms with Crippen LogP contribution in [0.4, 0.5) is 4.79 Å². The standard InChI is InChI=1S/C13H21N3O4/c14-11(17)5-4-10(12(18)19)15-13(20)16-6-8-2-1-3-9(8)7-16/h8-10H,1-7H2,(H2,14,17)(H,15,20)(H,18,19). The van der Waals surface area contributed by atoms with E-state index in [0.717, 1.165) is 12.8 Å². The number of carbonyl (C=O) groups is 3. The number of urea groups is 1. The highest BCUT2D eigenvalue weighted by Gasteiger charge is 2.38. The van der Waals surface area contributed by atoms with E-state index in [2.05, 4.69) is 5.32 Å². The first kappa shape index (κ1) is 14.6. The molecule has 3 amide bonds. The maximum atomic E-state index is 12.1. The molecule has 0 bridgehead atoms. The molecule has 0 radical (unpaired) electrons. The van der Waals surface area contributed by atoms with Gasteiger partial charge in [-0.05, 0) is 31.1 Å². The molecule has 4 N–H and O–H groups in total. The monoisotopic (exact) mass is 283 g/mol. The van der Waals surface area contributed by atoms with E-state index >= 15 is 0 Å². The van der Waals surface area contributed by atoms with Crippen LogP contribution in [0.3, 0.4) is 0 Å². The first-order chi connectivity index (χ1) is 9.47. The molecule has 2 aliphatic rings. The first-order valence-corrected chi connectivity index (χ1v) is 7.04. The molecule has 1 aliphatic carbocycles. The average molecular weight is 283 g/mol. The molecule has 2 fully saturated rings. The molecule has 3 atom stereocenters. The fraction of sp³-hybridized carbons (Fsp3) is 0.769. The Morgan fingerprint density at radius 2 is 1.85 bits per heavy atom. The highest BCUT2D eigenvalue weighted by Crippen LogP contribution is 2.37. The van der Waals surface area contributed by atoms with Crippen molar-refractivity contribution in [3.63, 3.8) is 0 Å². The lowest BCUT2D eigenvalue weighted by molar-refractivity contribution is -0.139. The molecule has 1 saturated heterocycles. The SMILES string of the molecule is NC(=O)CCC(NC(=O)N1CC2CCCC2C1)C(=O)O. The van der Waals surface area contributed by atoms with Crippen LogP contribution in [0.5, 0.6) is 0 Å². The Bertz CT molecular complexity index is 400. The highest BCUT2D eigenvalue weighted by atomic mass is 16.4. The summed E-state index contributed by atoms with van der Waals surface area (Å²) < 4.78 is 0. The van der Waals surface area contributed by atoms with Crippen LogP contribution in [0.1, 0.15) is 32.1 Å². The van der Waals surface area contributed by atoms with Gasteiger partial charge < -0.3 is 21.1 Å². The molecule has 112 valence electrons. The van der Waals surface area contributed by atoms with E-state index in [1.807, 2.05) is 0 Å². The van der Waals surface area contributed by atoms with Crippen LogP contribution in [-0.4, -0.2) is 47.0 Å². The van der Waals surface area contributed by atoms with Gasteiger partial charge in [-0.3, -0.25) is 4.79 Å². The molecule has 0 aromatic rings. The number of carbonyl (C=O) groups excluding carboxylic acids is 2. The number of hydrogen-bond acceptors (Lipinski definition) is 3. The maximum Gasteiger partial charge on any atom is 0.326 e. The fourth-order valence-corrected chi connectivity index (χ4v) is 3.19. The summed E-state index contributed by atoms with van der Waals surface area (Å²) in [6, 6.07) is -1.41. The van der Waals surface area contributed by atoms with E-state index in [-0.39, 0.29) is 18.9 Å². The summed E-state index contributed by atoms with van der Waals surface area (Å²) in [4.78, 5) is 35.5. The summed E-state index contributed by atoms with van der Waals surface area (Å²) in [5.74, 6) is -0.579. The molecule has 7 heteroatoms. The number of nitrogens with two attached hydrogens (primary N) is 1. The second-order valence-corrected chi connectivity index (χ2v) is 5.70. The van der Waals surface area contributed by atoms with Gasteiger partial charge in [0, 0.05) is 19.5 Å². The summed E-state index contributed by atoms with van der Waals surface area (Å²) >= 11 is 0. The van der Waals surface area contributed by atoms with Gasteiger partial charge in [0.15, 0.2) is 0 Å². The van der Waals surface area contributed by atoms with Gasteiger partial charge in [0.05, 0.1) is 0 Å². The summed E-state index contributed by atoms with van der Waals surface area (Å²) in [7, 11) is 0. The average Bonchev–Trinajstić information content (AvgIpc) is 2.93. The normalized spacial score (nSPS) is 26.1. The molecular formula is C13H21N3O4. The second-order valence-electron chi connectivity index (χ2n) is 5.70. The van der Waals surface area contributed by atoms with Crippen molar-refractivity contribution in [3.05, 3.63) is 0 Å². The van der Waals surface area contributed by atoms with Gasteiger partial charge in [-0.2, -0.15) is 0 Å². The van der Waals surface area contributed by atoms with E-state index < -0.39 is 17.9 Å². The number of hydrogen-bond donors (Lipinski definition) is 3. The minimum Gasteiger partial charge on any atom is -0.480 e. The van der Waals surface area contributed by atoms with E-state index in [1.54, 1.807) is 4.90 Å². The van der Waals surface area contributed by atoms with Crippen molar-refractivity contribution in [1.29, 1.82) is 0 Å². The minimum absolute atomic E-state index is 0.0249. The van der Waals surface area contributed by atoms with Crippen molar-refractivity contribution in [3.8, 4) is 0 Å². The predicted octanol–water partition coefficient (Wildman–Crippen LogP) is 0.147. The van der Waals surface area contributed by atoms with Crippen LogP contribution in [0, 0.1) is 11.8 Å². The van der Waals surface area contributed by atoms with Crippen LogP contribution in [0.2, 0.25) is 0 Å². The van der Waals surface area contributed by atoms with Gasteiger partial charge in [-0.25, -0.2) is 9.59 Å². The van der Waals surface area contributed by atoms with Crippen molar-refractivity contribution in [2.75, 3.05) is 13.1 Å². The molecular weight excluding hydrogens is 262 g/mol. The van der Waals surface area contributed by atoms with Crippen LogP contribution in [0.25, 0.3) is 0 Å². The van der Waals surface area contributed by atoms with Crippen molar-refractivity contribution in [1.82, 2.24) is 10.2 Å². The zero-order valence-electron chi connectivity index (χ0n) is 11.4. The second kappa shape index (κ2) is 6.11. The third kappa shape index (κ3) is 3.40. The topological polar surface area (TPSA) is 113 Å². The Morgan fingerprint density at radius 3 is 2.35 bits per heavy atom. The lowest BCUT2D eigenvalue weighted by Gasteiger charge is -2.21. The van der Waals surface area contributed by atoms with Crippen LogP contribution < -0.4 is 11.1 Å². The summed E-state index contributed by atoms with van der Waals surface area (Å²) in [5.41, 5.74) is 5.00. The van der Waals surface area contributed by atoms with Crippen LogP contribution >= 0.6 is 0 Å². The summed E-state index contributed by atoms with van der Waals surface area (Å²) in [6.45, 7) is 1.41. The van der Waals surface area contributed by atoms with Gasteiger partial charge in [0.25, 0.3) is 0 Å². The van der Waals surface area contributed by atoms with Gasteiger partial charge in [-0.15, -0.1) is 0 Å². The van der Waals surface area contributed by atoms with Crippen molar-refractivity contribution in [2.24, 2.45) is 17.6 Å². The lowest BCUT2D eigenvalue weighted by atomic mass is 10.0. The Hall–Kier alpha value is -1.79. The van der Waals surface area contributed by atoms with E-state index in [4.69, 9.17) is 10.8 Å². The largest absolute Gasteiger partial charge is 0.480 e. The van der Waals surface area contributed by atoms with E-state index in [0.29, 0.717) is 24.9 Å². The number of nitrogens with zero attached hydrogens (tertiary/aromatic N) is 1. The summed E-state index contributed by atoms with van der Waals surface area (Å²) in [6.07, 6.45) is 3.50. The van der Waals surface area contributed by atoms with Gasteiger partial charge in [0.1, 0.15) is 6.04 Å². The third-order valence-electron chi connectivity index (χ3n) is 4.29.